The normalized spacial score (nSPS) is 17.3. The van der Waals surface area contributed by atoms with Crippen LogP contribution >= 0.6 is 24.0 Å². The maximum Gasteiger partial charge on any atom is 0.191 e. The molecule has 1 aromatic carbocycles. The minimum atomic E-state index is 0. The van der Waals surface area contributed by atoms with Crippen molar-refractivity contribution in [1.82, 2.24) is 25.4 Å². The molecule has 1 saturated heterocycles. The summed E-state index contributed by atoms with van der Waals surface area (Å²) in [6, 6.07) is 11.0. The SMILES string of the molecule is CCc1nncn1CCNC(=NC)NC1CCCN(c2ccccc2)C1.I. The predicted octanol–water partition coefficient (Wildman–Crippen LogP) is 2.29. The van der Waals surface area contributed by atoms with Crippen molar-refractivity contribution in [3.05, 3.63) is 42.5 Å². The fraction of sp³-hybridized carbons (Fsp3) is 0.526. The standard InChI is InChI=1S/C19H29N7.HI/c1-3-18-24-22-15-26(18)13-11-21-19(20-2)23-16-8-7-12-25(14-16)17-9-5-4-6-10-17;/h4-6,9-10,15-16H,3,7-8,11-14H2,1-2H3,(H2,20,21,23);1H. The zero-order valence-electron chi connectivity index (χ0n) is 16.1. The number of halogens is 1. The monoisotopic (exact) mass is 483 g/mol. The van der Waals surface area contributed by atoms with Crippen LogP contribution in [0.1, 0.15) is 25.6 Å². The molecule has 1 aliphatic heterocycles. The van der Waals surface area contributed by atoms with Crippen molar-refractivity contribution >= 4 is 35.6 Å². The van der Waals surface area contributed by atoms with Crippen molar-refractivity contribution in [2.45, 2.75) is 38.8 Å². The number of para-hydroxylation sites is 1. The highest BCUT2D eigenvalue weighted by atomic mass is 127. The average molecular weight is 483 g/mol. The molecule has 1 fully saturated rings. The van der Waals surface area contributed by atoms with Crippen molar-refractivity contribution in [2.24, 2.45) is 4.99 Å². The summed E-state index contributed by atoms with van der Waals surface area (Å²) >= 11 is 0. The van der Waals surface area contributed by atoms with Crippen LogP contribution in [0.4, 0.5) is 5.69 Å². The predicted molar refractivity (Wildman–Crippen MR) is 121 cm³/mol. The van der Waals surface area contributed by atoms with Gasteiger partial charge in [0.05, 0.1) is 0 Å². The molecule has 148 valence electrons. The van der Waals surface area contributed by atoms with Gasteiger partial charge in [0.2, 0.25) is 0 Å². The van der Waals surface area contributed by atoms with E-state index in [0.29, 0.717) is 6.04 Å². The molecule has 0 bridgehead atoms. The summed E-state index contributed by atoms with van der Waals surface area (Å²) in [5.74, 6) is 1.87. The summed E-state index contributed by atoms with van der Waals surface area (Å²) in [6.07, 6.45) is 5.03. The summed E-state index contributed by atoms with van der Waals surface area (Å²) in [4.78, 5) is 6.82. The third-order valence-corrected chi connectivity index (χ3v) is 4.76. The third kappa shape index (κ3) is 6.08. The van der Waals surface area contributed by atoms with Crippen LogP contribution in [-0.4, -0.2) is 53.4 Å². The van der Waals surface area contributed by atoms with Gasteiger partial charge in [-0.2, -0.15) is 0 Å². The molecular formula is C19H30IN7. The van der Waals surface area contributed by atoms with E-state index in [1.165, 1.54) is 12.1 Å². The molecular weight excluding hydrogens is 453 g/mol. The first kappa shape index (κ1) is 21.5. The van der Waals surface area contributed by atoms with Crippen molar-refractivity contribution in [2.75, 3.05) is 31.6 Å². The number of hydrogen-bond donors (Lipinski definition) is 2. The smallest absolute Gasteiger partial charge is 0.191 e. The molecule has 3 rings (SSSR count). The van der Waals surface area contributed by atoms with E-state index < -0.39 is 0 Å². The van der Waals surface area contributed by atoms with Crippen LogP contribution in [0.5, 0.6) is 0 Å². The zero-order valence-corrected chi connectivity index (χ0v) is 18.5. The number of nitrogens with zero attached hydrogens (tertiary/aromatic N) is 5. The topological polar surface area (TPSA) is 70.4 Å². The second kappa shape index (κ2) is 11.1. The molecule has 2 aromatic rings. The van der Waals surface area contributed by atoms with E-state index in [1.807, 2.05) is 7.05 Å². The highest BCUT2D eigenvalue weighted by molar-refractivity contribution is 14.0. The molecule has 7 nitrogen and oxygen atoms in total. The lowest BCUT2D eigenvalue weighted by Gasteiger charge is -2.35. The number of hydrogen-bond acceptors (Lipinski definition) is 4. The van der Waals surface area contributed by atoms with E-state index in [0.717, 1.165) is 50.8 Å². The highest BCUT2D eigenvalue weighted by Gasteiger charge is 2.20. The number of rotatable bonds is 6. The first-order chi connectivity index (χ1) is 12.8. The van der Waals surface area contributed by atoms with Gasteiger partial charge in [0.1, 0.15) is 12.2 Å². The Bertz CT molecular complexity index is 701. The molecule has 0 aliphatic carbocycles. The van der Waals surface area contributed by atoms with Gasteiger partial charge in [0, 0.05) is 51.4 Å². The Kier molecular flexibility index (Phi) is 8.83. The first-order valence-electron chi connectivity index (χ1n) is 9.44. The van der Waals surface area contributed by atoms with Crippen molar-refractivity contribution in [1.29, 1.82) is 0 Å². The Hall–Kier alpha value is -1.84. The van der Waals surface area contributed by atoms with Gasteiger partial charge < -0.3 is 20.1 Å². The summed E-state index contributed by atoms with van der Waals surface area (Å²) in [5, 5.41) is 15.1. The maximum atomic E-state index is 4.38. The van der Waals surface area contributed by atoms with Gasteiger partial charge in [-0.15, -0.1) is 34.2 Å². The molecule has 0 spiro atoms. The number of piperidine rings is 1. The number of aromatic nitrogens is 3. The van der Waals surface area contributed by atoms with Gasteiger partial charge in [0.15, 0.2) is 5.96 Å². The quantitative estimate of drug-likeness (QED) is 0.375. The van der Waals surface area contributed by atoms with Crippen LogP contribution < -0.4 is 15.5 Å². The van der Waals surface area contributed by atoms with Crippen LogP contribution in [0.15, 0.2) is 41.7 Å². The van der Waals surface area contributed by atoms with Gasteiger partial charge >= 0.3 is 0 Å². The maximum absolute atomic E-state index is 4.38. The number of aliphatic imine (C=N–C) groups is 1. The molecule has 1 atom stereocenters. The summed E-state index contributed by atoms with van der Waals surface area (Å²) < 4.78 is 2.08. The van der Waals surface area contributed by atoms with E-state index in [2.05, 4.69) is 72.5 Å². The lowest BCUT2D eigenvalue weighted by molar-refractivity contribution is 0.467. The van der Waals surface area contributed by atoms with Crippen LogP contribution in [0.3, 0.4) is 0 Å². The van der Waals surface area contributed by atoms with Crippen LogP contribution in [0, 0.1) is 0 Å². The number of aryl methyl sites for hydroxylation is 1. The summed E-state index contributed by atoms with van der Waals surface area (Å²) in [5.41, 5.74) is 1.29. The van der Waals surface area contributed by atoms with E-state index in [-0.39, 0.29) is 24.0 Å². The van der Waals surface area contributed by atoms with Crippen LogP contribution in [0.25, 0.3) is 0 Å². The molecule has 1 aromatic heterocycles. The average Bonchev–Trinajstić information content (AvgIpc) is 3.15. The first-order valence-corrected chi connectivity index (χ1v) is 9.44. The number of guanidine groups is 1. The fourth-order valence-electron chi connectivity index (χ4n) is 3.39. The molecule has 0 saturated carbocycles. The lowest BCUT2D eigenvalue weighted by atomic mass is 10.1. The minimum Gasteiger partial charge on any atom is -0.369 e. The fourth-order valence-corrected chi connectivity index (χ4v) is 3.39. The molecule has 1 aliphatic rings. The second-order valence-electron chi connectivity index (χ2n) is 6.56. The van der Waals surface area contributed by atoms with E-state index in [1.54, 1.807) is 6.33 Å². The molecule has 2 heterocycles. The zero-order chi connectivity index (χ0) is 18.2. The van der Waals surface area contributed by atoms with Crippen molar-refractivity contribution in [3.8, 4) is 0 Å². The van der Waals surface area contributed by atoms with E-state index in [4.69, 9.17) is 0 Å². The minimum absolute atomic E-state index is 0. The van der Waals surface area contributed by atoms with Crippen molar-refractivity contribution in [3.63, 3.8) is 0 Å². The molecule has 1 unspecified atom stereocenters. The number of benzene rings is 1. The Morgan fingerprint density at radius 2 is 2.11 bits per heavy atom. The Labute approximate surface area is 178 Å². The van der Waals surface area contributed by atoms with Gasteiger partial charge in [0.25, 0.3) is 0 Å². The van der Waals surface area contributed by atoms with Gasteiger partial charge in [-0.05, 0) is 25.0 Å². The van der Waals surface area contributed by atoms with Crippen LogP contribution in [-0.2, 0) is 13.0 Å². The van der Waals surface area contributed by atoms with Gasteiger partial charge in [-0.25, -0.2) is 0 Å². The van der Waals surface area contributed by atoms with Gasteiger partial charge in [-0.1, -0.05) is 25.1 Å². The van der Waals surface area contributed by atoms with E-state index >= 15 is 0 Å². The molecule has 0 amide bonds. The largest absolute Gasteiger partial charge is 0.369 e. The van der Waals surface area contributed by atoms with E-state index in [9.17, 15) is 0 Å². The molecule has 8 heteroatoms. The Morgan fingerprint density at radius 1 is 1.30 bits per heavy atom. The molecule has 2 N–H and O–H groups in total. The number of nitrogens with one attached hydrogen (secondary N) is 2. The Balaban J connectivity index is 0.00000261. The summed E-state index contributed by atoms with van der Waals surface area (Å²) in [7, 11) is 1.82. The van der Waals surface area contributed by atoms with Gasteiger partial charge in [-0.3, -0.25) is 4.99 Å². The summed E-state index contributed by atoms with van der Waals surface area (Å²) in [6.45, 7) is 5.82. The second-order valence-corrected chi connectivity index (χ2v) is 6.56. The third-order valence-electron chi connectivity index (χ3n) is 4.76. The molecule has 27 heavy (non-hydrogen) atoms. The Morgan fingerprint density at radius 3 is 2.85 bits per heavy atom. The highest BCUT2D eigenvalue weighted by Crippen LogP contribution is 2.19. The number of anilines is 1. The molecule has 0 radical (unpaired) electrons. The van der Waals surface area contributed by atoms with Crippen LogP contribution in [0.2, 0.25) is 0 Å². The lowest BCUT2D eigenvalue weighted by Crippen LogP contribution is -2.51. The van der Waals surface area contributed by atoms with Crippen molar-refractivity contribution < 1.29 is 0 Å².